The summed E-state index contributed by atoms with van der Waals surface area (Å²) in [6.45, 7) is 8.48. The van der Waals surface area contributed by atoms with Gasteiger partial charge in [0.2, 0.25) is 0 Å². The molecule has 0 unspecified atom stereocenters. The van der Waals surface area contributed by atoms with Gasteiger partial charge in [0.15, 0.2) is 11.9 Å². The molecule has 0 aromatic heterocycles. The number of Topliss-reactive ketones (excluding diaryl/α,β-unsaturated/α-hetero) is 1. The Morgan fingerprint density at radius 2 is 1.83 bits per heavy atom. The number of anilines is 1. The molecule has 0 saturated carbocycles. The van der Waals surface area contributed by atoms with Crippen molar-refractivity contribution in [2.24, 2.45) is 0 Å². The number of hydrogen-bond acceptors (Lipinski definition) is 6. The van der Waals surface area contributed by atoms with Crippen molar-refractivity contribution in [1.29, 1.82) is 0 Å². The van der Waals surface area contributed by atoms with Gasteiger partial charge in [-0.05, 0) is 59.6 Å². The van der Waals surface area contributed by atoms with E-state index in [1.165, 1.54) is 18.7 Å². The van der Waals surface area contributed by atoms with Crippen molar-refractivity contribution in [3.63, 3.8) is 0 Å². The number of ketones is 1. The molecule has 158 valence electrons. The zero-order chi connectivity index (χ0) is 21.8. The molecule has 0 radical (unpaired) electrons. The highest BCUT2D eigenvalue weighted by Gasteiger charge is 2.38. The Kier molecular flexibility index (Phi) is 7.00. The molecule has 2 rings (SSSR count). The van der Waals surface area contributed by atoms with Crippen LogP contribution in [-0.2, 0) is 19.1 Å². The third-order valence-corrected chi connectivity index (χ3v) is 4.38. The van der Waals surface area contributed by atoms with Crippen molar-refractivity contribution in [3.8, 4) is 0 Å². The number of ether oxygens (including phenoxy) is 2. The first kappa shape index (κ1) is 22.4. The van der Waals surface area contributed by atoms with Crippen molar-refractivity contribution in [1.82, 2.24) is 4.90 Å². The van der Waals surface area contributed by atoms with E-state index in [9.17, 15) is 19.2 Å². The SMILES string of the molecule is CC(=O)c1ccccc1NC(=O)[C@@H](C)OC(=O)[C@@H]1CCCN1C(=O)OC(C)(C)C. The number of hydrogen-bond donors (Lipinski definition) is 1. The number of amides is 2. The van der Waals surface area contributed by atoms with E-state index >= 15 is 0 Å². The molecule has 2 amide bonds. The van der Waals surface area contributed by atoms with E-state index in [1.807, 2.05) is 0 Å². The second kappa shape index (κ2) is 9.07. The predicted octanol–water partition coefficient (Wildman–Crippen LogP) is 3.16. The Morgan fingerprint density at radius 3 is 2.45 bits per heavy atom. The number of para-hydroxylation sites is 1. The van der Waals surface area contributed by atoms with E-state index in [4.69, 9.17) is 9.47 Å². The number of carbonyl (C=O) groups excluding carboxylic acids is 4. The first-order valence-corrected chi connectivity index (χ1v) is 9.60. The summed E-state index contributed by atoms with van der Waals surface area (Å²) < 4.78 is 10.6. The molecule has 0 spiro atoms. The highest BCUT2D eigenvalue weighted by atomic mass is 16.6. The van der Waals surface area contributed by atoms with E-state index in [0.29, 0.717) is 30.6 Å². The summed E-state index contributed by atoms with van der Waals surface area (Å²) in [5.41, 5.74) is 0.0428. The zero-order valence-corrected chi connectivity index (χ0v) is 17.5. The molecule has 0 aliphatic carbocycles. The van der Waals surface area contributed by atoms with Crippen LogP contribution in [0.1, 0.15) is 57.8 Å². The van der Waals surface area contributed by atoms with Gasteiger partial charge < -0.3 is 14.8 Å². The van der Waals surface area contributed by atoms with Gasteiger partial charge in [-0.3, -0.25) is 14.5 Å². The molecule has 1 aromatic carbocycles. The lowest BCUT2D eigenvalue weighted by molar-refractivity contribution is -0.157. The number of likely N-dealkylation sites (tertiary alicyclic amines) is 1. The van der Waals surface area contributed by atoms with Crippen molar-refractivity contribution in [2.75, 3.05) is 11.9 Å². The molecular weight excluding hydrogens is 376 g/mol. The fraction of sp³-hybridized carbons (Fsp3) is 0.524. The van der Waals surface area contributed by atoms with Crippen LogP contribution in [-0.4, -0.2) is 52.9 Å². The van der Waals surface area contributed by atoms with Gasteiger partial charge in [-0.2, -0.15) is 0 Å². The minimum atomic E-state index is -1.09. The standard InChI is InChI=1S/C21H28N2O6/c1-13(24)15-9-6-7-10-16(15)22-18(25)14(2)28-19(26)17-11-8-12-23(17)20(27)29-21(3,4)5/h6-7,9-10,14,17H,8,11-12H2,1-5H3,(H,22,25)/t14-,17+/m1/s1. The summed E-state index contributed by atoms with van der Waals surface area (Å²) in [5, 5.41) is 2.61. The fourth-order valence-corrected chi connectivity index (χ4v) is 2.99. The Bertz CT molecular complexity index is 799. The van der Waals surface area contributed by atoms with Crippen LogP contribution in [0.4, 0.5) is 10.5 Å². The Labute approximate surface area is 170 Å². The molecule has 0 bridgehead atoms. The van der Waals surface area contributed by atoms with Crippen LogP contribution in [0.25, 0.3) is 0 Å². The third-order valence-electron chi connectivity index (χ3n) is 4.38. The van der Waals surface area contributed by atoms with Crippen molar-refractivity contribution in [2.45, 2.75) is 65.2 Å². The summed E-state index contributed by atoms with van der Waals surface area (Å²) in [7, 11) is 0. The third kappa shape index (κ3) is 6.04. The molecule has 29 heavy (non-hydrogen) atoms. The number of nitrogens with zero attached hydrogens (tertiary/aromatic N) is 1. The molecule has 1 aliphatic rings. The highest BCUT2D eigenvalue weighted by Crippen LogP contribution is 2.22. The molecule has 8 nitrogen and oxygen atoms in total. The molecule has 1 aromatic rings. The van der Waals surface area contributed by atoms with E-state index < -0.39 is 35.7 Å². The average molecular weight is 404 g/mol. The summed E-state index contributed by atoms with van der Waals surface area (Å²) in [4.78, 5) is 50.3. The molecule has 1 heterocycles. The van der Waals surface area contributed by atoms with Crippen LogP contribution in [0.2, 0.25) is 0 Å². The average Bonchev–Trinajstić information content (AvgIpc) is 3.10. The van der Waals surface area contributed by atoms with Gasteiger partial charge in [0.25, 0.3) is 5.91 Å². The van der Waals surface area contributed by atoms with Crippen LogP contribution < -0.4 is 5.32 Å². The van der Waals surface area contributed by atoms with Crippen molar-refractivity contribution < 1.29 is 28.7 Å². The minimum absolute atomic E-state index is 0.190. The summed E-state index contributed by atoms with van der Waals surface area (Å²) in [6, 6.07) is 5.80. The van der Waals surface area contributed by atoms with Gasteiger partial charge >= 0.3 is 12.1 Å². The monoisotopic (exact) mass is 404 g/mol. The highest BCUT2D eigenvalue weighted by molar-refractivity contribution is 6.04. The van der Waals surface area contributed by atoms with Crippen LogP contribution in [0.5, 0.6) is 0 Å². The summed E-state index contributed by atoms with van der Waals surface area (Å²) in [5.74, 6) is -1.41. The second-order valence-electron chi connectivity index (χ2n) is 8.00. The molecule has 2 atom stereocenters. The maximum absolute atomic E-state index is 12.6. The molecule has 1 saturated heterocycles. The largest absolute Gasteiger partial charge is 0.451 e. The van der Waals surface area contributed by atoms with Crippen molar-refractivity contribution >= 4 is 29.4 Å². The van der Waals surface area contributed by atoms with Gasteiger partial charge in [-0.25, -0.2) is 9.59 Å². The number of nitrogens with one attached hydrogen (secondary N) is 1. The van der Waals surface area contributed by atoms with Gasteiger partial charge in [0, 0.05) is 12.1 Å². The molecule has 1 N–H and O–H groups in total. The van der Waals surface area contributed by atoms with E-state index in [0.717, 1.165) is 0 Å². The topological polar surface area (TPSA) is 102 Å². The van der Waals surface area contributed by atoms with Gasteiger partial charge in [0.05, 0.1) is 5.69 Å². The second-order valence-corrected chi connectivity index (χ2v) is 8.00. The first-order valence-electron chi connectivity index (χ1n) is 9.60. The Hall–Kier alpha value is -2.90. The number of benzene rings is 1. The van der Waals surface area contributed by atoms with Crippen molar-refractivity contribution in [3.05, 3.63) is 29.8 Å². The van der Waals surface area contributed by atoms with Crippen LogP contribution >= 0.6 is 0 Å². The predicted molar refractivity (Wildman–Crippen MR) is 107 cm³/mol. The number of esters is 1. The number of carbonyl (C=O) groups is 4. The van der Waals surface area contributed by atoms with Gasteiger partial charge in [-0.15, -0.1) is 0 Å². The summed E-state index contributed by atoms with van der Waals surface area (Å²) in [6.07, 6.45) is -0.585. The number of rotatable bonds is 5. The lowest BCUT2D eigenvalue weighted by Crippen LogP contribution is -2.45. The first-order chi connectivity index (χ1) is 13.5. The lowest BCUT2D eigenvalue weighted by Gasteiger charge is -2.28. The fourth-order valence-electron chi connectivity index (χ4n) is 2.99. The maximum Gasteiger partial charge on any atom is 0.411 e. The normalized spacial score (nSPS) is 17.4. The molecular formula is C21H28N2O6. The van der Waals surface area contributed by atoms with E-state index in [1.54, 1.807) is 45.0 Å². The van der Waals surface area contributed by atoms with Crippen LogP contribution in [0, 0.1) is 0 Å². The molecule has 1 aliphatic heterocycles. The van der Waals surface area contributed by atoms with Crippen LogP contribution in [0.3, 0.4) is 0 Å². The Morgan fingerprint density at radius 1 is 1.17 bits per heavy atom. The lowest BCUT2D eigenvalue weighted by atomic mass is 10.1. The smallest absolute Gasteiger partial charge is 0.411 e. The van der Waals surface area contributed by atoms with E-state index in [2.05, 4.69) is 5.32 Å². The minimum Gasteiger partial charge on any atom is -0.451 e. The Balaban J connectivity index is 2.00. The van der Waals surface area contributed by atoms with Gasteiger partial charge in [0.1, 0.15) is 11.6 Å². The maximum atomic E-state index is 12.6. The quantitative estimate of drug-likeness (QED) is 0.597. The van der Waals surface area contributed by atoms with Gasteiger partial charge in [-0.1, -0.05) is 12.1 Å². The van der Waals surface area contributed by atoms with E-state index in [-0.39, 0.29) is 5.78 Å². The molecule has 8 heteroatoms. The molecule has 1 fully saturated rings. The summed E-state index contributed by atoms with van der Waals surface area (Å²) >= 11 is 0. The van der Waals surface area contributed by atoms with Crippen LogP contribution in [0.15, 0.2) is 24.3 Å². The zero-order valence-electron chi connectivity index (χ0n) is 17.5.